The molecule has 0 aliphatic heterocycles. The van der Waals surface area contributed by atoms with E-state index in [0.717, 1.165) is 44.1 Å². The summed E-state index contributed by atoms with van der Waals surface area (Å²) in [5, 5.41) is 3.55. The van der Waals surface area contributed by atoms with E-state index in [0.29, 0.717) is 29.7 Å². The van der Waals surface area contributed by atoms with E-state index < -0.39 is 11.9 Å². The number of carbonyl (C=O) groups is 2. The summed E-state index contributed by atoms with van der Waals surface area (Å²) in [5.74, 6) is -0.847. The minimum Gasteiger partial charge on any atom is -0.351 e. The van der Waals surface area contributed by atoms with Crippen LogP contribution in [0.1, 0.15) is 74.5 Å². The van der Waals surface area contributed by atoms with E-state index in [9.17, 15) is 14.0 Å². The van der Waals surface area contributed by atoms with Crippen LogP contribution in [0.15, 0.2) is 54.6 Å². The van der Waals surface area contributed by atoms with E-state index in [2.05, 4.69) is 24.1 Å². The van der Waals surface area contributed by atoms with Crippen LogP contribution in [0.2, 0.25) is 0 Å². The van der Waals surface area contributed by atoms with Crippen LogP contribution < -0.4 is 5.32 Å². The largest absolute Gasteiger partial charge is 0.351 e. The standard InChI is InChI=1S/C27H34FN3O2/c1-3-5-10-16-31(17-11-6-4-2)27(33)25(20-12-8-7-9-13-20)30-26(32)24-19-21-18-22(28)14-15-23(21)29-24/h7-9,12-15,18-19,25,29H,3-6,10-11,16-17H2,1-2H3,(H,30,32)/t25-/m1/s1. The molecule has 3 aromatic rings. The molecule has 176 valence electrons. The van der Waals surface area contributed by atoms with Crippen LogP contribution >= 0.6 is 0 Å². The number of hydrogen-bond acceptors (Lipinski definition) is 2. The molecule has 2 amide bonds. The Kier molecular flexibility index (Phi) is 9.04. The Balaban J connectivity index is 1.84. The number of benzene rings is 2. The summed E-state index contributed by atoms with van der Waals surface area (Å²) in [5.41, 5.74) is 1.71. The van der Waals surface area contributed by atoms with E-state index >= 15 is 0 Å². The Morgan fingerprint density at radius 3 is 2.24 bits per heavy atom. The second-order valence-electron chi connectivity index (χ2n) is 8.47. The number of halogens is 1. The maximum atomic E-state index is 13.7. The molecule has 0 fully saturated rings. The molecular weight excluding hydrogens is 417 g/mol. The molecule has 0 saturated heterocycles. The Morgan fingerprint density at radius 1 is 0.939 bits per heavy atom. The molecule has 1 heterocycles. The number of aromatic amines is 1. The molecule has 0 unspecified atom stereocenters. The Hall–Kier alpha value is -3.15. The minimum atomic E-state index is -0.787. The second-order valence-corrected chi connectivity index (χ2v) is 8.47. The lowest BCUT2D eigenvalue weighted by Crippen LogP contribution is -2.44. The van der Waals surface area contributed by atoms with Gasteiger partial charge in [-0.25, -0.2) is 4.39 Å². The van der Waals surface area contributed by atoms with Crippen LogP contribution in [-0.2, 0) is 4.79 Å². The first-order chi connectivity index (χ1) is 16.0. The first-order valence-electron chi connectivity index (χ1n) is 12.0. The Labute approximate surface area is 195 Å². The Morgan fingerprint density at radius 2 is 1.61 bits per heavy atom. The number of amides is 2. The summed E-state index contributed by atoms with van der Waals surface area (Å²) >= 11 is 0. The van der Waals surface area contributed by atoms with Gasteiger partial charge in [0.25, 0.3) is 5.91 Å². The van der Waals surface area contributed by atoms with Gasteiger partial charge in [0.05, 0.1) is 0 Å². The van der Waals surface area contributed by atoms with E-state index in [1.807, 2.05) is 35.2 Å². The van der Waals surface area contributed by atoms with Crippen molar-refractivity contribution < 1.29 is 14.0 Å². The van der Waals surface area contributed by atoms with Crippen LogP contribution in [0.25, 0.3) is 10.9 Å². The number of unbranched alkanes of at least 4 members (excludes halogenated alkanes) is 4. The molecule has 1 aromatic heterocycles. The topological polar surface area (TPSA) is 65.2 Å². The normalized spacial score (nSPS) is 12.0. The van der Waals surface area contributed by atoms with Crippen molar-refractivity contribution >= 4 is 22.7 Å². The first kappa shape index (κ1) is 24.5. The molecule has 2 aromatic carbocycles. The van der Waals surface area contributed by atoms with Crippen LogP contribution in [-0.4, -0.2) is 34.8 Å². The minimum absolute atomic E-state index is 0.0936. The third kappa shape index (κ3) is 6.67. The van der Waals surface area contributed by atoms with Gasteiger partial charge >= 0.3 is 0 Å². The van der Waals surface area contributed by atoms with Gasteiger partial charge in [-0.05, 0) is 42.7 Å². The van der Waals surface area contributed by atoms with Crippen LogP contribution in [0, 0.1) is 5.82 Å². The van der Waals surface area contributed by atoms with Gasteiger partial charge in [-0.3, -0.25) is 9.59 Å². The van der Waals surface area contributed by atoms with E-state index in [1.165, 1.54) is 12.1 Å². The summed E-state index contributed by atoms with van der Waals surface area (Å²) in [6, 6.07) is 14.5. The molecule has 0 radical (unpaired) electrons. The lowest BCUT2D eigenvalue weighted by molar-refractivity contribution is -0.133. The van der Waals surface area contributed by atoms with Gasteiger partial charge in [-0.15, -0.1) is 0 Å². The van der Waals surface area contributed by atoms with E-state index in [-0.39, 0.29) is 11.7 Å². The highest BCUT2D eigenvalue weighted by atomic mass is 19.1. The van der Waals surface area contributed by atoms with Gasteiger partial charge in [0.15, 0.2) is 0 Å². The summed E-state index contributed by atoms with van der Waals surface area (Å²) in [7, 11) is 0. The van der Waals surface area contributed by atoms with Gasteiger partial charge < -0.3 is 15.2 Å². The lowest BCUT2D eigenvalue weighted by Gasteiger charge is -2.28. The average molecular weight is 452 g/mol. The van der Waals surface area contributed by atoms with Gasteiger partial charge in [-0.1, -0.05) is 69.9 Å². The molecule has 3 rings (SSSR count). The molecule has 6 heteroatoms. The summed E-state index contributed by atoms with van der Waals surface area (Å²) in [6.07, 6.45) is 6.17. The highest BCUT2D eigenvalue weighted by Crippen LogP contribution is 2.20. The van der Waals surface area contributed by atoms with Crippen molar-refractivity contribution in [2.24, 2.45) is 0 Å². The summed E-state index contributed by atoms with van der Waals surface area (Å²) < 4.78 is 13.6. The highest BCUT2D eigenvalue weighted by molar-refractivity contribution is 6.00. The van der Waals surface area contributed by atoms with E-state index in [4.69, 9.17) is 0 Å². The predicted molar refractivity (Wildman–Crippen MR) is 131 cm³/mol. The maximum Gasteiger partial charge on any atom is 0.268 e. The third-order valence-corrected chi connectivity index (χ3v) is 5.86. The number of carbonyl (C=O) groups excluding carboxylic acids is 2. The van der Waals surface area contributed by atoms with Crippen LogP contribution in [0.5, 0.6) is 0 Å². The van der Waals surface area contributed by atoms with Crippen molar-refractivity contribution in [2.45, 2.75) is 58.4 Å². The van der Waals surface area contributed by atoms with Crippen molar-refractivity contribution in [1.29, 1.82) is 0 Å². The molecule has 5 nitrogen and oxygen atoms in total. The quantitative estimate of drug-likeness (QED) is 0.332. The molecule has 0 aliphatic rings. The summed E-state index contributed by atoms with van der Waals surface area (Å²) in [6.45, 7) is 5.65. The maximum absolute atomic E-state index is 13.7. The number of nitrogens with one attached hydrogen (secondary N) is 2. The number of rotatable bonds is 12. The zero-order valence-electron chi connectivity index (χ0n) is 19.6. The van der Waals surface area contributed by atoms with Crippen molar-refractivity contribution in [1.82, 2.24) is 15.2 Å². The van der Waals surface area contributed by atoms with Crippen molar-refractivity contribution in [3.05, 3.63) is 71.7 Å². The van der Waals surface area contributed by atoms with Gasteiger partial charge in [0, 0.05) is 24.0 Å². The molecule has 0 spiro atoms. The number of H-pyrrole nitrogens is 1. The zero-order chi connectivity index (χ0) is 23.6. The summed E-state index contributed by atoms with van der Waals surface area (Å²) in [4.78, 5) is 31.7. The second kappa shape index (κ2) is 12.2. The van der Waals surface area contributed by atoms with Gasteiger partial charge in [0.1, 0.15) is 17.6 Å². The van der Waals surface area contributed by atoms with Crippen LogP contribution in [0.4, 0.5) is 4.39 Å². The fraction of sp³-hybridized carbons (Fsp3) is 0.407. The predicted octanol–water partition coefficient (Wildman–Crippen LogP) is 5.99. The lowest BCUT2D eigenvalue weighted by atomic mass is 10.0. The fourth-order valence-corrected chi connectivity index (χ4v) is 3.99. The SMILES string of the molecule is CCCCCN(CCCCC)C(=O)[C@H](NC(=O)c1cc2cc(F)ccc2[nH]1)c1ccccc1. The molecule has 33 heavy (non-hydrogen) atoms. The van der Waals surface area contributed by atoms with Gasteiger partial charge in [0.2, 0.25) is 5.91 Å². The molecule has 1 atom stereocenters. The molecule has 0 saturated carbocycles. The van der Waals surface area contributed by atoms with Crippen LogP contribution in [0.3, 0.4) is 0 Å². The molecular formula is C27H34FN3O2. The number of nitrogens with zero attached hydrogens (tertiary/aromatic N) is 1. The van der Waals surface area contributed by atoms with Crippen molar-refractivity contribution in [3.63, 3.8) is 0 Å². The van der Waals surface area contributed by atoms with Crippen molar-refractivity contribution in [2.75, 3.05) is 13.1 Å². The molecule has 0 bridgehead atoms. The average Bonchev–Trinajstić information content (AvgIpc) is 3.25. The van der Waals surface area contributed by atoms with Crippen molar-refractivity contribution in [3.8, 4) is 0 Å². The van der Waals surface area contributed by atoms with Gasteiger partial charge in [-0.2, -0.15) is 0 Å². The number of aromatic nitrogens is 1. The molecule has 0 aliphatic carbocycles. The monoisotopic (exact) mass is 451 g/mol. The Bertz CT molecular complexity index is 1040. The highest BCUT2D eigenvalue weighted by Gasteiger charge is 2.28. The zero-order valence-corrected chi connectivity index (χ0v) is 19.6. The van der Waals surface area contributed by atoms with E-state index in [1.54, 1.807) is 12.1 Å². The molecule has 2 N–H and O–H groups in total. The third-order valence-electron chi connectivity index (χ3n) is 5.86. The smallest absolute Gasteiger partial charge is 0.268 e. The number of fused-ring (bicyclic) bond motifs is 1. The first-order valence-corrected chi connectivity index (χ1v) is 12.0. The number of hydrogen-bond donors (Lipinski definition) is 2. The fourth-order valence-electron chi connectivity index (χ4n) is 3.99.